The third-order valence-electron chi connectivity index (χ3n) is 5.54. The van der Waals surface area contributed by atoms with Gasteiger partial charge in [-0.1, -0.05) is 0 Å². The van der Waals surface area contributed by atoms with E-state index in [9.17, 15) is 22.8 Å². The predicted octanol–water partition coefficient (Wildman–Crippen LogP) is 4.15. The second-order valence-electron chi connectivity index (χ2n) is 7.69. The van der Waals surface area contributed by atoms with Crippen LogP contribution in [0.25, 0.3) is 15.6 Å². The molecule has 0 radical (unpaired) electrons. The van der Waals surface area contributed by atoms with Gasteiger partial charge >= 0.3 is 6.03 Å². The number of rotatable bonds is 2. The van der Waals surface area contributed by atoms with Crippen LogP contribution in [-0.4, -0.2) is 41.5 Å². The molecule has 0 fully saturated rings. The van der Waals surface area contributed by atoms with E-state index in [0.717, 1.165) is 18.2 Å². The standard InChI is InChI=1S/C22H18F3N5O2/c1-26-17-6-11(4-5-14(17)23)27-22(32)30(3)19-10-29(2)9-18-20(19)12-7-15(24)16(25)8-13(12)21(31)28-18/h4-8,19H,9-10H2,2-3H3,(H,27,32)(H,28,31). The number of nitrogens with one attached hydrogen (secondary N) is 2. The molecule has 1 atom stereocenters. The molecule has 2 N–H and O–H groups in total. The molecule has 1 aromatic heterocycles. The van der Waals surface area contributed by atoms with E-state index in [1.54, 1.807) is 7.05 Å². The van der Waals surface area contributed by atoms with Crippen LogP contribution < -0.4 is 10.9 Å². The van der Waals surface area contributed by atoms with Crippen LogP contribution in [0.1, 0.15) is 17.3 Å². The number of carbonyl (C=O) groups is 1. The number of pyridine rings is 1. The molecule has 1 aliphatic heterocycles. The summed E-state index contributed by atoms with van der Waals surface area (Å²) in [6.07, 6.45) is 0. The van der Waals surface area contributed by atoms with Gasteiger partial charge in [0.2, 0.25) is 5.69 Å². The molecule has 0 spiro atoms. The summed E-state index contributed by atoms with van der Waals surface area (Å²) in [6.45, 7) is 7.74. The summed E-state index contributed by atoms with van der Waals surface area (Å²) < 4.78 is 41.4. The van der Waals surface area contributed by atoms with Gasteiger partial charge < -0.3 is 15.2 Å². The van der Waals surface area contributed by atoms with Crippen molar-refractivity contribution in [2.24, 2.45) is 0 Å². The van der Waals surface area contributed by atoms with Crippen LogP contribution in [0.4, 0.5) is 29.3 Å². The molecule has 164 valence electrons. The van der Waals surface area contributed by atoms with E-state index in [0.29, 0.717) is 24.3 Å². The zero-order valence-electron chi connectivity index (χ0n) is 17.2. The van der Waals surface area contributed by atoms with Crippen molar-refractivity contribution in [3.63, 3.8) is 0 Å². The maximum absolute atomic E-state index is 14.1. The van der Waals surface area contributed by atoms with Gasteiger partial charge in [0, 0.05) is 37.1 Å². The third-order valence-corrected chi connectivity index (χ3v) is 5.54. The second kappa shape index (κ2) is 8.01. The number of nitrogens with zero attached hydrogens (tertiary/aromatic N) is 3. The monoisotopic (exact) mass is 441 g/mol. The number of benzene rings is 2. The second-order valence-corrected chi connectivity index (χ2v) is 7.69. The van der Waals surface area contributed by atoms with Crippen LogP contribution in [0.15, 0.2) is 35.1 Å². The van der Waals surface area contributed by atoms with E-state index in [1.807, 2.05) is 4.90 Å². The number of urea groups is 1. The quantitative estimate of drug-likeness (QED) is 0.587. The van der Waals surface area contributed by atoms with Crippen LogP contribution in [0.3, 0.4) is 0 Å². The molecule has 2 aromatic carbocycles. The van der Waals surface area contributed by atoms with Gasteiger partial charge in [-0.25, -0.2) is 22.8 Å². The lowest BCUT2D eigenvalue weighted by atomic mass is 9.93. The summed E-state index contributed by atoms with van der Waals surface area (Å²) in [5.41, 5.74) is 0.489. The Bertz CT molecular complexity index is 1350. The fourth-order valence-corrected chi connectivity index (χ4v) is 3.96. The van der Waals surface area contributed by atoms with Gasteiger partial charge in [0.1, 0.15) is 5.82 Å². The highest BCUT2D eigenvalue weighted by Crippen LogP contribution is 2.34. The van der Waals surface area contributed by atoms with Crippen molar-refractivity contribution in [1.82, 2.24) is 14.8 Å². The molecule has 1 aliphatic rings. The number of aromatic amines is 1. The zero-order valence-corrected chi connectivity index (χ0v) is 17.2. The number of hydrogen-bond acceptors (Lipinski definition) is 3. The number of anilines is 1. The maximum atomic E-state index is 14.1. The predicted molar refractivity (Wildman–Crippen MR) is 113 cm³/mol. The van der Waals surface area contributed by atoms with E-state index in [1.165, 1.54) is 24.1 Å². The first kappa shape index (κ1) is 21.4. The summed E-state index contributed by atoms with van der Waals surface area (Å²) in [4.78, 5) is 34.5. The number of amides is 2. The van der Waals surface area contributed by atoms with Gasteiger partial charge in [0.05, 0.1) is 18.0 Å². The Morgan fingerprint density at radius 3 is 2.56 bits per heavy atom. The van der Waals surface area contributed by atoms with E-state index in [-0.39, 0.29) is 22.1 Å². The average molecular weight is 441 g/mol. The van der Waals surface area contributed by atoms with Crippen molar-refractivity contribution >= 4 is 28.2 Å². The summed E-state index contributed by atoms with van der Waals surface area (Å²) >= 11 is 0. The molecular formula is C22H18F3N5O2. The Morgan fingerprint density at radius 1 is 1.19 bits per heavy atom. The molecule has 2 heterocycles. The van der Waals surface area contributed by atoms with Crippen molar-refractivity contribution < 1.29 is 18.0 Å². The van der Waals surface area contributed by atoms with Gasteiger partial charge in [-0.05, 0) is 42.8 Å². The lowest BCUT2D eigenvalue weighted by molar-refractivity contribution is 0.167. The van der Waals surface area contributed by atoms with Gasteiger partial charge in [0.15, 0.2) is 11.6 Å². The smallest absolute Gasteiger partial charge is 0.322 e. The first-order chi connectivity index (χ1) is 15.2. The molecule has 0 saturated carbocycles. The number of halogens is 3. The van der Waals surface area contributed by atoms with Gasteiger partial charge in [0.25, 0.3) is 5.56 Å². The first-order valence-corrected chi connectivity index (χ1v) is 9.62. The SMILES string of the molecule is [C-]#[N+]c1cc(NC(=O)N(C)C2CN(C)Cc3[nH]c(=O)c4cc(F)c(F)cc4c32)ccc1F. The highest BCUT2D eigenvalue weighted by molar-refractivity contribution is 5.91. The van der Waals surface area contributed by atoms with Crippen LogP contribution in [-0.2, 0) is 6.54 Å². The Labute approximate surface area is 180 Å². The maximum Gasteiger partial charge on any atom is 0.322 e. The third kappa shape index (κ3) is 3.67. The lowest BCUT2D eigenvalue weighted by Gasteiger charge is -2.38. The van der Waals surface area contributed by atoms with Crippen molar-refractivity contribution in [3.8, 4) is 0 Å². The van der Waals surface area contributed by atoms with Crippen LogP contribution in [0.2, 0.25) is 0 Å². The highest BCUT2D eigenvalue weighted by atomic mass is 19.2. The molecule has 2 amide bonds. The van der Waals surface area contributed by atoms with Crippen molar-refractivity contribution in [1.29, 1.82) is 0 Å². The summed E-state index contributed by atoms with van der Waals surface area (Å²) in [5.74, 6) is -2.92. The number of hydrogen-bond donors (Lipinski definition) is 2. The van der Waals surface area contributed by atoms with Gasteiger partial charge in [-0.2, -0.15) is 0 Å². The van der Waals surface area contributed by atoms with E-state index >= 15 is 0 Å². The van der Waals surface area contributed by atoms with Crippen molar-refractivity contribution in [2.45, 2.75) is 12.6 Å². The van der Waals surface area contributed by atoms with Crippen molar-refractivity contribution in [2.75, 3.05) is 26.0 Å². The lowest BCUT2D eigenvalue weighted by Crippen LogP contribution is -2.44. The summed E-state index contributed by atoms with van der Waals surface area (Å²) in [7, 11) is 3.33. The molecule has 4 rings (SSSR count). The molecule has 10 heteroatoms. The van der Waals surface area contributed by atoms with Gasteiger partial charge in [-0.15, -0.1) is 0 Å². The minimum Gasteiger partial charge on any atom is -0.324 e. The molecular weight excluding hydrogens is 423 g/mol. The number of fused-ring (bicyclic) bond motifs is 3. The van der Waals surface area contributed by atoms with E-state index < -0.39 is 35.1 Å². The fraction of sp³-hybridized carbons (Fsp3) is 0.227. The fourth-order valence-electron chi connectivity index (χ4n) is 3.96. The highest BCUT2D eigenvalue weighted by Gasteiger charge is 2.32. The molecule has 3 aromatic rings. The van der Waals surface area contributed by atoms with Crippen LogP contribution in [0.5, 0.6) is 0 Å². The van der Waals surface area contributed by atoms with Crippen molar-refractivity contribution in [3.05, 3.63) is 80.8 Å². The minimum atomic E-state index is -1.13. The Morgan fingerprint density at radius 2 is 1.88 bits per heavy atom. The number of likely N-dealkylation sites (N-methyl/N-ethyl adjacent to an activating group) is 2. The topological polar surface area (TPSA) is 72.8 Å². The minimum absolute atomic E-state index is 0.00811. The number of carbonyl (C=O) groups excluding carboxylic acids is 1. The Hall–Kier alpha value is -3.84. The molecule has 0 aliphatic carbocycles. The molecule has 0 bridgehead atoms. The largest absolute Gasteiger partial charge is 0.324 e. The first-order valence-electron chi connectivity index (χ1n) is 9.62. The van der Waals surface area contributed by atoms with Crippen LogP contribution in [0, 0.1) is 24.0 Å². The molecule has 32 heavy (non-hydrogen) atoms. The van der Waals surface area contributed by atoms with Crippen LogP contribution >= 0.6 is 0 Å². The Kier molecular flexibility index (Phi) is 5.36. The average Bonchev–Trinajstić information content (AvgIpc) is 2.75. The molecule has 7 nitrogen and oxygen atoms in total. The number of aromatic nitrogens is 1. The summed E-state index contributed by atoms with van der Waals surface area (Å²) in [6, 6.07) is 4.31. The zero-order chi connectivity index (χ0) is 23.2. The van der Waals surface area contributed by atoms with E-state index in [4.69, 9.17) is 6.57 Å². The summed E-state index contributed by atoms with van der Waals surface area (Å²) in [5, 5.41) is 2.84. The number of H-pyrrole nitrogens is 1. The normalized spacial score (nSPS) is 15.8. The Balaban J connectivity index is 1.76. The molecule has 1 unspecified atom stereocenters. The molecule has 0 saturated heterocycles. The van der Waals surface area contributed by atoms with E-state index in [2.05, 4.69) is 15.1 Å². The van der Waals surface area contributed by atoms with Gasteiger partial charge in [-0.3, -0.25) is 9.69 Å².